The number of methoxy groups -OCH3 is 2. The predicted molar refractivity (Wildman–Crippen MR) is 82.1 cm³/mol. The van der Waals surface area contributed by atoms with Crippen LogP contribution in [0.25, 0.3) is 11.4 Å². The summed E-state index contributed by atoms with van der Waals surface area (Å²) in [5.74, 6) is 2.11. The molecule has 0 saturated carbocycles. The zero-order chi connectivity index (χ0) is 14.7. The molecule has 0 aliphatic carbocycles. The van der Waals surface area contributed by atoms with Crippen molar-refractivity contribution in [2.45, 2.75) is 20.3 Å². The van der Waals surface area contributed by atoms with Gasteiger partial charge in [-0.2, -0.15) is 0 Å². The third kappa shape index (κ3) is 2.67. The lowest BCUT2D eigenvalue weighted by atomic mass is 10.1. The van der Waals surface area contributed by atoms with Gasteiger partial charge in [0.05, 0.1) is 14.2 Å². The van der Waals surface area contributed by atoms with Gasteiger partial charge >= 0.3 is 0 Å². The molecule has 0 spiro atoms. The second-order valence-corrected chi connectivity index (χ2v) is 4.80. The first-order valence-electron chi connectivity index (χ1n) is 6.42. The lowest BCUT2D eigenvalue weighted by Crippen LogP contribution is -2.00. The Morgan fingerprint density at radius 2 is 1.90 bits per heavy atom. The standard InChI is InChI=1S/C15H18N2O2S/c1-5-11-9(2)15(20)17-14(16-11)10-6-7-12(18-3)13(8-10)19-4/h6-8H,5H2,1-4H3,(H,16,17,20). The molecule has 1 N–H and O–H groups in total. The van der Waals surface area contributed by atoms with Crippen molar-refractivity contribution in [3.63, 3.8) is 0 Å². The molecule has 0 atom stereocenters. The number of nitrogens with one attached hydrogen (secondary N) is 1. The highest BCUT2D eigenvalue weighted by Gasteiger charge is 2.09. The van der Waals surface area contributed by atoms with Crippen molar-refractivity contribution in [1.29, 1.82) is 0 Å². The number of ether oxygens (including phenoxy) is 2. The van der Waals surface area contributed by atoms with Gasteiger partial charge in [-0.3, -0.25) is 0 Å². The molecule has 1 aromatic carbocycles. The van der Waals surface area contributed by atoms with Crippen LogP contribution >= 0.6 is 12.2 Å². The average molecular weight is 290 g/mol. The summed E-state index contributed by atoms with van der Waals surface area (Å²) in [4.78, 5) is 7.78. The number of rotatable bonds is 4. The number of hydrogen-bond donors (Lipinski definition) is 1. The Morgan fingerprint density at radius 3 is 2.50 bits per heavy atom. The highest BCUT2D eigenvalue weighted by Crippen LogP contribution is 2.31. The number of hydrogen-bond acceptors (Lipinski definition) is 4. The van der Waals surface area contributed by atoms with Crippen LogP contribution in [0.2, 0.25) is 0 Å². The van der Waals surface area contributed by atoms with Gasteiger partial charge in [-0.05, 0) is 31.5 Å². The van der Waals surface area contributed by atoms with E-state index in [0.29, 0.717) is 16.1 Å². The van der Waals surface area contributed by atoms with E-state index in [4.69, 9.17) is 21.7 Å². The van der Waals surface area contributed by atoms with Gasteiger partial charge in [-0.15, -0.1) is 0 Å². The van der Waals surface area contributed by atoms with Crippen LogP contribution in [0.5, 0.6) is 11.5 Å². The monoisotopic (exact) mass is 290 g/mol. The first-order valence-corrected chi connectivity index (χ1v) is 6.83. The Balaban J connectivity index is 2.57. The van der Waals surface area contributed by atoms with E-state index in [0.717, 1.165) is 29.1 Å². The highest BCUT2D eigenvalue weighted by atomic mass is 32.1. The first kappa shape index (κ1) is 14.5. The second kappa shape index (κ2) is 6.05. The van der Waals surface area contributed by atoms with Crippen LogP contribution < -0.4 is 9.47 Å². The smallest absolute Gasteiger partial charge is 0.161 e. The summed E-state index contributed by atoms with van der Waals surface area (Å²) in [5.41, 5.74) is 3.06. The van der Waals surface area contributed by atoms with Gasteiger partial charge in [0.2, 0.25) is 0 Å². The van der Waals surface area contributed by atoms with Gasteiger partial charge in [-0.25, -0.2) is 4.98 Å². The van der Waals surface area contributed by atoms with Crippen LogP contribution in [0, 0.1) is 11.6 Å². The van der Waals surface area contributed by atoms with Crippen molar-refractivity contribution in [3.8, 4) is 22.9 Å². The minimum absolute atomic E-state index is 0.630. The minimum Gasteiger partial charge on any atom is -0.493 e. The number of aryl methyl sites for hydroxylation is 1. The third-order valence-electron chi connectivity index (χ3n) is 3.27. The SMILES string of the molecule is CCc1[nH]c(-c2ccc(OC)c(OC)c2)nc(=S)c1C. The first-order chi connectivity index (χ1) is 9.60. The second-order valence-electron chi connectivity index (χ2n) is 4.42. The Morgan fingerprint density at radius 1 is 1.20 bits per heavy atom. The Bertz CT molecular complexity index is 680. The van der Waals surface area contributed by atoms with Gasteiger partial charge in [0.25, 0.3) is 0 Å². The van der Waals surface area contributed by atoms with E-state index in [2.05, 4.69) is 16.9 Å². The van der Waals surface area contributed by atoms with E-state index in [1.54, 1.807) is 14.2 Å². The lowest BCUT2D eigenvalue weighted by Gasteiger charge is -2.11. The Labute approximate surface area is 123 Å². The average Bonchev–Trinajstić information content (AvgIpc) is 2.49. The molecule has 0 radical (unpaired) electrons. The number of benzene rings is 1. The van der Waals surface area contributed by atoms with Crippen molar-refractivity contribution in [2.75, 3.05) is 14.2 Å². The molecule has 4 nitrogen and oxygen atoms in total. The van der Waals surface area contributed by atoms with Crippen LogP contribution in [0.3, 0.4) is 0 Å². The molecular formula is C15H18N2O2S. The maximum atomic E-state index is 5.32. The fourth-order valence-corrected chi connectivity index (χ4v) is 2.27. The molecule has 5 heteroatoms. The fourth-order valence-electron chi connectivity index (χ4n) is 2.05. The fraction of sp³-hybridized carbons (Fsp3) is 0.333. The van der Waals surface area contributed by atoms with E-state index in [1.807, 2.05) is 25.1 Å². The van der Waals surface area contributed by atoms with E-state index >= 15 is 0 Å². The Hall–Kier alpha value is -1.88. The molecule has 0 bridgehead atoms. The van der Waals surface area contributed by atoms with Crippen molar-refractivity contribution in [3.05, 3.63) is 34.1 Å². The summed E-state index contributed by atoms with van der Waals surface area (Å²) in [7, 11) is 3.23. The van der Waals surface area contributed by atoms with E-state index < -0.39 is 0 Å². The van der Waals surface area contributed by atoms with Crippen molar-refractivity contribution in [2.24, 2.45) is 0 Å². The molecule has 0 saturated heterocycles. The minimum atomic E-state index is 0.630. The van der Waals surface area contributed by atoms with Crippen molar-refractivity contribution >= 4 is 12.2 Å². The van der Waals surface area contributed by atoms with Crippen LogP contribution in [0.1, 0.15) is 18.2 Å². The summed E-state index contributed by atoms with van der Waals surface area (Å²) in [5, 5.41) is 0. The largest absolute Gasteiger partial charge is 0.493 e. The lowest BCUT2D eigenvalue weighted by molar-refractivity contribution is 0.355. The summed E-state index contributed by atoms with van der Waals surface area (Å²) in [6.45, 7) is 4.08. The summed E-state index contributed by atoms with van der Waals surface area (Å²) >= 11 is 5.32. The topological polar surface area (TPSA) is 47.1 Å². The molecule has 106 valence electrons. The molecule has 1 aromatic heterocycles. The quantitative estimate of drug-likeness (QED) is 0.872. The van der Waals surface area contributed by atoms with Gasteiger partial charge in [0.15, 0.2) is 11.5 Å². The molecule has 1 heterocycles. The number of aromatic amines is 1. The number of nitrogens with zero attached hydrogens (tertiary/aromatic N) is 1. The van der Waals surface area contributed by atoms with E-state index in [9.17, 15) is 0 Å². The molecule has 0 aliphatic rings. The number of H-pyrrole nitrogens is 1. The molecule has 20 heavy (non-hydrogen) atoms. The summed E-state index contributed by atoms with van der Waals surface area (Å²) in [6, 6.07) is 5.68. The zero-order valence-electron chi connectivity index (χ0n) is 12.1. The zero-order valence-corrected chi connectivity index (χ0v) is 12.9. The van der Waals surface area contributed by atoms with Gasteiger partial charge in [-0.1, -0.05) is 19.1 Å². The normalized spacial score (nSPS) is 10.4. The maximum Gasteiger partial charge on any atom is 0.161 e. The molecule has 2 rings (SSSR count). The van der Waals surface area contributed by atoms with Gasteiger partial charge < -0.3 is 14.5 Å². The van der Waals surface area contributed by atoms with Crippen LogP contribution in [-0.2, 0) is 6.42 Å². The number of aromatic nitrogens is 2. The highest BCUT2D eigenvalue weighted by molar-refractivity contribution is 7.71. The van der Waals surface area contributed by atoms with Crippen molar-refractivity contribution in [1.82, 2.24) is 9.97 Å². The van der Waals surface area contributed by atoms with Crippen LogP contribution in [-0.4, -0.2) is 24.2 Å². The summed E-state index contributed by atoms with van der Waals surface area (Å²) in [6.07, 6.45) is 0.887. The maximum absolute atomic E-state index is 5.32. The van der Waals surface area contributed by atoms with Crippen LogP contribution in [0.4, 0.5) is 0 Å². The predicted octanol–water partition coefficient (Wildman–Crippen LogP) is 3.69. The van der Waals surface area contributed by atoms with E-state index in [-0.39, 0.29) is 0 Å². The van der Waals surface area contributed by atoms with Gasteiger partial charge in [0, 0.05) is 16.8 Å². The molecule has 0 aliphatic heterocycles. The van der Waals surface area contributed by atoms with E-state index in [1.165, 1.54) is 0 Å². The third-order valence-corrected chi connectivity index (χ3v) is 3.66. The molecule has 0 amide bonds. The molecular weight excluding hydrogens is 272 g/mol. The molecule has 2 aromatic rings. The molecule has 0 unspecified atom stereocenters. The van der Waals surface area contributed by atoms with Crippen molar-refractivity contribution < 1.29 is 9.47 Å². The Kier molecular flexibility index (Phi) is 4.39. The summed E-state index contributed by atoms with van der Waals surface area (Å²) < 4.78 is 11.2. The molecule has 0 fully saturated rings. The van der Waals surface area contributed by atoms with Gasteiger partial charge in [0.1, 0.15) is 10.5 Å². The van der Waals surface area contributed by atoms with Crippen LogP contribution in [0.15, 0.2) is 18.2 Å².